The Morgan fingerprint density at radius 1 is 0.905 bits per heavy atom. The molecule has 0 aliphatic rings. The van der Waals surface area contributed by atoms with Crippen molar-refractivity contribution in [1.82, 2.24) is 30.3 Å². The number of nitrogens with one attached hydrogen (secondary N) is 2. The van der Waals surface area contributed by atoms with Gasteiger partial charge in [0.15, 0.2) is 26.8 Å². The van der Waals surface area contributed by atoms with E-state index >= 15 is 0 Å². The molecule has 222 valence electrons. The molecule has 2 aromatic heterocycles. The first-order valence-electron chi connectivity index (χ1n) is 12.5. The molecule has 2 aromatic carbocycles. The van der Waals surface area contributed by atoms with Crippen LogP contribution in [-0.4, -0.2) is 76.7 Å². The standard InChI is InChI=1S/C26H29N7O6S3/c1-6-40-26-32-30-24(42-26)28-21(34)14-41-25-31-29-20(33(25)16-9-7-8-10-17(16)36-2)13-27-23(35)15-11-18(37-3)22(39-5)19(12-15)38-4/h7-12H,6,13-14H2,1-5H3,(H,27,35)(H,28,30,34). The van der Waals surface area contributed by atoms with Crippen LogP contribution in [0.2, 0.25) is 0 Å². The van der Waals surface area contributed by atoms with Gasteiger partial charge in [-0.1, -0.05) is 53.9 Å². The summed E-state index contributed by atoms with van der Waals surface area (Å²) in [6.07, 6.45) is 0. The molecule has 13 nitrogen and oxygen atoms in total. The van der Waals surface area contributed by atoms with Gasteiger partial charge in [-0.25, -0.2) is 0 Å². The lowest BCUT2D eigenvalue weighted by atomic mass is 10.1. The van der Waals surface area contributed by atoms with E-state index in [1.165, 1.54) is 44.4 Å². The van der Waals surface area contributed by atoms with Gasteiger partial charge in [0, 0.05) is 5.56 Å². The molecule has 0 unspecified atom stereocenters. The van der Waals surface area contributed by atoms with E-state index < -0.39 is 5.91 Å². The van der Waals surface area contributed by atoms with Gasteiger partial charge in [0.05, 0.1) is 46.4 Å². The van der Waals surface area contributed by atoms with Gasteiger partial charge >= 0.3 is 0 Å². The Labute approximate surface area is 254 Å². The molecular formula is C26H29N7O6S3. The van der Waals surface area contributed by atoms with Gasteiger partial charge < -0.3 is 24.3 Å². The molecule has 2 heterocycles. The molecule has 4 aromatic rings. The second-order valence-electron chi connectivity index (χ2n) is 8.15. The summed E-state index contributed by atoms with van der Waals surface area (Å²) in [5.74, 6) is 2.32. The van der Waals surface area contributed by atoms with Crippen LogP contribution in [-0.2, 0) is 11.3 Å². The van der Waals surface area contributed by atoms with Crippen molar-refractivity contribution in [2.45, 2.75) is 23.0 Å². The van der Waals surface area contributed by atoms with Crippen molar-refractivity contribution in [3.8, 4) is 28.7 Å². The Bertz CT molecular complexity index is 1520. The van der Waals surface area contributed by atoms with Crippen LogP contribution in [0.4, 0.5) is 5.13 Å². The molecule has 0 saturated heterocycles. The topological polar surface area (TPSA) is 152 Å². The number of carbonyl (C=O) groups excluding carboxylic acids is 2. The molecule has 0 aliphatic heterocycles. The van der Waals surface area contributed by atoms with E-state index in [4.69, 9.17) is 18.9 Å². The van der Waals surface area contributed by atoms with Crippen molar-refractivity contribution >= 4 is 51.8 Å². The third-order valence-electron chi connectivity index (χ3n) is 5.61. The van der Waals surface area contributed by atoms with Gasteiger partial charge in [0.2, 0.25) is 16.8 Å². The number of thioether (sulfide) groups is 2. The van der Waals surface area contributed by atoms with Crippen LogP contribution in [0.1, 0.15) is 23.1 Å². The fourth-order valence-electron chi connectivity index (χ4n) is 3.77. The molecule has 0 aliphatic carbocycles. The average Bonchev–Trinajstić information content (AvgIpc) is 3.64. The van der Waals surface area contributed by atoms with Gasteiger partial charge in [-0.3, -0.25) is 19.5 Å². The Morgan fingerprint density at radius 2 is 1.62 bits per heavy atom. The number of hydrogen-bond donors (Lipinski definition) is 2. The first-order chi connectivity index (χ1) is 20.4. The summed E-state index contributed by atoms with van der Waals surface area (Å²) in [7, 11) is 6.00. The molecule has 0 fully saturated rings. The largest absolute Gasteiger partial charge is 0.495 e. The fraction of sp³-hybridized carbons (Fsp3) is 0.308. The van der Waals surface area contributed by atoms with Crippen LogP contribution < -0.4 is 29.6 Å². The van der Waals surface area contributed by atoms with E-state index in [1.54, 1.807) is 41.6 Å². The highest BCUT2D eigenvalue weighted by atomic mass is 32.2. The molecule has 2 N–H and O–H groups in total. The molecule has 42 heavy (non-hydrogen) atoms. The maximum atomic E-state index is 13.1. The second-order valence-corrected chi connectivity index (χ2v) is 11.6. The normalized spacial score (nSPS) is 10.7. The number of nitrogens with zero attached hydrogens (tertiary/aromatic N) is 5. The lowest BCUT2D eigenvalue weighted by Crippen LogP contribution is -2.25. The van der Waals surface area contributed by atoms with E-state index in [0.717, 1.165) is 10.1 Å². The lowest BCUT2D eigenvalue weighted by Gasteiger charge is -2.15. The third-order valence-corrected chi connectivity index (χ3v) is 8.40. The van der Waals surface area contributed by atoms with Gasteiger partial charge in [0.25, 0.3) is 5.91 Å². The Morgan fingerprint density at radius 3 is 2.29 bits per heavy atom. The van der Waals surface area contributed by atoms with Crippen LogP contribution in [0.3, 0.4) is 0 Å². The predicted molar refractivity (Wildman–Crippen MR) is 161 cm³/mol. The predicted octanol–water partition coefficient (Wildman–Crippen LogP) is 3.93. The highest BCUT2D eigenvalue weighted by molar-refractivity contribution is 8.01. The minimum Gasteiger partial charge on any atom is -0.495 e. The number of ether oxygens (including phenoxy) is 4. The average molecular weight is 632 g/mol. The van der Waals surface area contributed by atoms with Gasteiger partial charge in [-0.15, -0.1) is 20.4 Å². The molecule has 0 bridgehead atoms. The fourth-order valence-corrected chi connectivity index (χ4v) is 6.19. The molecule has 2 amide bonds. The minimum atomic E-state index is -0.393. The third kappa shape index (κ3) is 7.24. The summed E-state index contributed by atoms with van der Waals surface area (Å²) in [6.45, 7) is 2.04. The minimum absolute atomic E-state index is 0.0238. The number of aromatic nitrogens is 5. The number of hydrogen-bond acceptors (Lipinski definition) is 13. The molecule has 0 atom stereocenters. The van der Waals surface area contributed by atoms with Crippen molar-refractivity contribution in [2.24, 2.45) is 0 Å². The Hall–Kier alpha value is -4.02. The molecule has 4 rings (SSSR count). The summed E-state index contributed by atoms with van der Waals surface area (Å²) in [4.78, 5) is 25.8. The number of para-hydroxylation sites is 2. The quantitative estimate of drug-likeness (QED) is 0.153. The second kappa shape index (κ2) is 14.7. The van der Waals surface area contributed by atoms with E-state index in [9.17, 15) is 9.59 Å². The van der Waals surface area contributed by atoms with Crippen molar-refractivity contribution in [1.29, 1.82) is 0 Å². The van der Waals surface area contributed by atoms with Crippen molar-refractivity contribution in [3.05, 3.63) is 47.8 Å². The number of amides is 2. The zero-order valence-electron chi connectivity index (χ0n) is 23.5. The van der Waals surface area contributed by atoms with Crippen LogP contribution in [0.15, 0.2) is 45.9 Å². The summed E-state index contributed by atoms with van der Waals surface area (Å²) >= 11 is 4.06. The SMILES string of the molecule is CCSc1nnc(NC(=O)CSc2nnc(CNC(=O)c3cc(OC)c(OC)c(OC)c3)n2-c2ccccc2OC)s1. The lowest BCUT2D eigenvalue weighted by molar-refractivity contribution is -0.113. The first kappa shape index (κ1) is 30.9. The molecule has 16 heteroatoms. The Kier molecular flexibility index (Phi) is 10.9. The monoisotopic (exact) mass is 631 g/mol. The van der Waals surface area contributed by atoms with Gasteiger partial charge in [-0.2, -0.15) is 0 Å². The molecule has 0 radical (unpaired) electrons. The molecule has 0 saturated carbocycles. The summed E-state index contributed by atoms with van der Waals surface area (Å²) in [6, 6.07) is 10.4. The zero-order valence-corrected chi connectivity index (χ0v) is 25.9. The van der Waals surface area contributed by atoms with Crippen molar-refractivity contribution in [3.63, 3.8) is 0 Å². The van der Waals surface area contributed by atoms with E-state index in [0.29, 0.717) is 50.4 Å². The smallest absolute Gasteiger partial charge is 0.251 e. The number of anilines is 1. The van der Waals surface area contributed by atoms with E-state index in [2.05, 4.69) is 31.0 Å². The number of carbonyl (C=O) groups is 2. The highest BCUT2D eigenvalue weighted by Gasteiger charge is 2.21. The van der Waals surface area contributed by atoms with Gasteiger partial charge in [-0.05, 0) is 30.0 Å². The summed E-state index contributed by atoms with van der Waals surface area (Å²) in [5.41, 5.74) is 0.951. The van der Waals surface area contributed by atoms with Gasteiger partial charge in [0.1, 0.15) is 5.75 Å². The van der Waals surface area contributed by atoms with E-state index in [-0.39, 0.29) is 18.2 Å². The van der Waals surface area contributed by atoms with E-state index in [1.807, 2.05) is 25.1 Å². The summed E-state index contributed by atoms with van der Waals surface area (Å²) < 4.78 is 24.2. The maximum absolute atomic E-state index is 13.1. The number of rotatable bonds is 14. The van der Waals surface area contributed by atoms with Crippen LogP contribution in [0.5, 0.6) is 23.0 Å². The van der Waals surface area contributed by atoms with Crippen LogP contribution in [0.25, 0.3) is 5.69 Å². The molecular weight excluding hydrogens is 603 g/mol. The number of methoxy groups -OCH3 is 4. The van der Waals surface area contributed by atoms with Crippen molar-refractivity contribution < 1.29 is 28.5 Å². The highest BCUT2D eigenvalue weighted by Crippen LogP contribution is 2.38. The Balaban J connectivity index is 1.54. The maximum Gasteiger partial charge on any atom is 0.251 e. The zero-order chi connectivity index (χ0) is 30.1. The van der Waals surface area contributed by atoms with Crippen LogP contribution in [0, 0.1) is 0 Å². The van der Waals surface area contributed by atoms with Crippen LogP contribution >= 0.6 is 34.9 Å². The molecule has 0 spiro atoms. The summed E-state index contributed by atoms with van der Waals surface area (Å²) in [5, 5.41) is 23.2. The first-order valence-corrected chi connectivity index (χ1v) is 15.3. The number of benzene rings is 2. The van der Waals surface area contributed by atoms with Crippen molar-refractivity contribution in [2.75, 3.05) is 45.3 Å².